The number of fused-ring (bicyclic) bond motifs is 3. The summed E-state index contributed by atoms with van der Waals surface area (Å²) in [7, 11) is 0. The highest BCUT2D eigenvalue weighted by atomic mass is 16.2. The summed E-state index contributed by atoms with van der Waals surface area (Å²) in [5, 5.41) is 16.9. The van der Waals surface area contributed by atoms with E-state index in [1.807, 2.05) is 60.7 Å². The van der Waals surface area contributed by atoms with Gasteiger partial charge in [-0.15, -0.1) is 0 Å². The zero-order valence-electron chi connectivity index (χ0n) is 17.5. The van der Waals surface area contributed by atoms with Crippen LogP contribution in [0.15, 0.2) is 78.9 Å². The molecule has 3 aromatic carbocycles. The summed E-state index contributed by atoms with van der Waals surface area (Å²) < 4.78 is 1.72. The van der Waals surface area contributed by atoms with Crippen LogP contribution >= 0.6 is 0 Å². The molecule has 1 atom stereocenters. The molecule has 0 spiro atoms. The lowest BCUT2D eigenvalue weighted by Crippen LogP contribution is -2.29. The molecule has 1 unspecified atom stereocenters. The van der Waals surface area contributed by atoms with Gasteiger partial charge in [-0.05, 0) is 35.9 Å². The number of hydrogen-bond acceptors (Lipinski definition) is 5. The quantitative estimate of drug-likeness (QED) is 0.247. The second-order valence-electron chi connectivity index (χ2n) is 7.80. The van der Waals surface area contributed by atoms with Crippen molar-refractivity contribution in [2.24, 2.45) is 5.92 Å². The van der Waals surface area contributed by atoms with E-state index in [1.165, 1.54) is 0 Å². The maximum absolute atomic E-state index is 13.4. The summed E-state index contributed by atoms with van der Waals surface area (Å²) in [6, 6.07) is 25.8. The predicted octanol–water partition coefficient (Wildman–Crippen LogP) is 3.99. The number of ketones is 1. The Morgan fingerprint density at radius 1 is 1.03 bits per heavy atom. The first kappa shape index (κ1) is 20.2. The Labute approximate surface area is 190 Å². The Morgan fingerprint density at radius 3 is 2.55 bits per heavy atom. The first-order chi connectivity index (χ1) is 16.1. The van der Waals surface area contributed by atoms with Crippen molar-refractivity contribution in [3.05, 3.63) is 95.7 Å². The zero-order valence-corrected chi connectivity index (χ0v) is 17.5. The first-order valence-corrected chi connectivity index (χ1v) is 10.4. The number of anilines is 2. The van der Waals surface area contributed by atoms with Gasteiger partial charge in [-0.3, -0.25) is 9.59 Å². The standard InChI is InChI=1S/C26H19N5O2/c27-15-22(26(33)29-18-9-6-8-17(28)14-18)25(32)23-21-13-16-7-4-5-12-20(16)24(21)31(30-23)19-10-2-1-3-11-19/h1-12,14,22H,13,28H2,(H,29,33). The molecule has 1 aliphatic carbocycles. The van der Waals surface area contributed by atoms with Gasteiger partial charge in [-0.1, -0.05) is 48.5 Å². The van der Waals surface area contributed by atoms with E-state index >= 15 is 0 Å². The number of carbonyl (C=O) groups excluding carboxylic acids is 2. The SMILES string of the molecule is N#CC(C(=O)Nc1cccc(N)c1)C(=O)c1nn(-c2ccccc2)c2c1Cc1ccccc1-2. The lowest BCUT2D eigenvalue weighted by molar-refractivity contribution is -0.117. The summed E-state index contributed by atoms with van der Waals surface area (Å²) in [6.07, 6.45) is 0.508. The average Bonchev–Trinajstić information content (AvgIpc) is 3.37. The Hall–Kier alpha value is -4.70. The van der Waals surface area contributed by atoms with E-state index in [2.05, 4.69) is 10.4 Å². The summed E-state index contributed by atoms with van der Waals surface area (Å²) in [4.78, 5) is 26.3. The van der Waals surface area contributed by atoms with Crippen molar-refractivity contribution < 1.29 is 9.59 Å². The maximum atomic E-state index is 13.4. The number of amides is 1. The number of hydrogen-bond donors (Lipinski definition) is 2. The minimum Gasteiger partial charge on any atom is -0.399 e. The summed E-state index contributed by atoms with van der Waals surface area (Å²) in [5.41, 5.74) is 11.2. The molecule has 33 heavy (non-hydrogen) atoms. The number of nitrogen functional groups attached to an aromatic ring is 1. The molecule has 3 N–H and O–H groups in total. The Kier molecular flexibility index (Phi) is 4.96. The van der Waals surface area contributed by atoms with Gasteiger partial charge in [-0.25, -0.2) is 4.68 Å². The van der Waals surface area contributed by atoms with Gasteiger partial charge >= 0.3 is 0 Å². The molecular weight excluding hydrogens is 414 g/mol. The molecule has 0 aliphatic heterocycles. The van der Waals surface area contributed by atoms with Crippen molar-refractivity contribution in [2.45, 2.75) is 6.42 Å². The van der Waals surface area contributed by atoms with Crippen LogP contribution in [0.3, 0.4) is 0 Å². The number of aromatic nitrogens is 2. The monoisotopic (exact) mass is 433 g/mol. The van der Waals surface area contributed by atoms with Gasteiger partial charge in [0.25, 0.3) is 0 Å². The smallest absolute Gasteiger partial charge is 0.249 e. The molecule has 4 aromatic rings. The van der Waals surface area contributed by atoms with Crippen molar-refractivity contribution >= 4 is 23.1 Å². The van der Waals surface area contributed by atoms with E-state index in [0.717, 1.165) is 28.1 Å². The van der Waals surface area contributed by atoms with Gasteiger partial charge in [0, 0.05) is 28.9 Å². The van der Waals surface area contributed by atoms with E-state index in [4.69, 9.17) is 5.73 Å². The maximum Gasteiger partial charge on any atom is 0.249 e. The van der Waals surface area contributed by atoms with Crippen molar-refractivity contribution in [2.75, 3.05) is 11.1 Å². The van der Waals surface area contributed by atoms with Crippen LogP contribution in [0.2, 0.25) is 0 Å². The number of para-hydroxylation sites is 1. The number of nitrogens with zero attached hydrogens (tertiary/aromatic N) is 3. The normalized spacial score (nSPS) is 12.3. The number of carbonyl (C=O) groups is 2. The fourth-order valence-electron chi connectivity index (χ4n) is 4.15. The molecular formula is C26H19N5O2. The third-order valence-electron chi connectivity index (χ3n) is 5.67. The Balaban J connectivity index is 1.55. The van der Waals surface area contributed by atoms with Crippen molar-refractivity contribution in [1.29, 1.82) is 5.26 Å². The fraction of sp³-hybridized carbons (Fsp3) is 0.0769. The number of rotatable bonds is 5. The van der Waals surface area contributed by atoms with Gasteiger partial charge in [0.05, 0.1) is 17.5 Å². The molecule has 1 amide bonds. The summed E-state index contributed by atoms with van der Waals surface area (Å²) in [5.74, 6) is -2.89. The number of benzene rings is 3. The topological polar surface area (TPSA) is 114 Å². The average molecular weight is 433 g/mol. The van der Waals surface area contributed by atoms with Crippen molar-refractivity contribution in [1.82, 2.24) is 9.78 Å². The molecule has 1 aromatic heterocycles. The van der Waals surface area contributed by atoms with Gasteiger partial charge in [0.1, 0.15) is 5.69 Å². The van der Waals surface area contributed by atoms with Crippen LogP contribution in [0.25, 0.3) is 16.9 Å². The molecule has 160 valence electrons. The molecule has 0 bridgehead atoms. The molecule has 7 heteroatoms. The number of Topliss-reactive ketones (excluding diaryl/α,β-unsaturated/α-hetero) is 1. The number of nitrogens with two attached hydrogens (primary N) is 1. The van der Waals surface area contributed by atoms with Crippen LogP contribution in [0, 0.1) is 17.2 Å². The second-order valence-corrected chi connectivity index (χ2v) is 7.80. The highest BCUT2D eigenvalue weighted by molar-refractivity contribution is 6.16. The second kappa shape index (κ2) is 8.09. The summed E-state index contributed by atoms with van der Waals surface area (Å²) >= 11 is 0. The molecule has 0 fully saturated rings. The molecule has 0 radical (unpaired) electrons. The van der Waals surface area contributed by atoms with Gasteiger partial charge in [-0.2, -0.15) is 10.4 Å². The molecule has 0 saturated heterocycles. The van der Waals surface area contributed by atoms with Crippen LogP contribution in [0.1, 0.15) is 21.6 Å². The van der Waals surface area contributed by atoms with E-state index in [9.17, 15) is 14.9 Å². The van der Waals surface area contributed by atoms with Gasteiger partial charge < -0.3 is 11.1 Å². The van der Waals surface area contributed by atoms with Crippen LogP contribution in [0.4, 0.5) is 11.4 Å². The van der Waals surface area contributed by atoms with Gasteiger partial charge in [0.2, 0.25) is 11.7 Å². The van der Waals surface area contributed by atoms with E-state index in [1.54, 1.807) is 28.9 Å². The lowest BCUT2D eigenvalue weighted by atomic mass is 9.98. The minimum absolute atomic E-state index is 0.138. The predicted molar refractivity (Wildman–Crippen MR) is 125 cm³/mol. The largest absolute Gasteiger partial charge is 0.399 e. The lowest BCUT2D eigenvalue weighted by Gasteiger charge is -2.10. The molecule has 1 heterocycles. The third kappa shape index (κ3) is 3.54. The van der Waals surface area contributed by atoms with Crippen LogP contribution in [-0.2, 0) is 11.2 Å². The van der Waals surface area contributed by atoms with Crippen LogP contribution in [0.5, 0.6) is 0 Å². The molecule has 1 aliphatic rings. The highest BCUT2D eigenvalue weighted by Gasteiger charge is 2.36. The number of nitrogens with one attached hydrogen (secondary N) is 1. The van der Waals surface area contributed by atoms with Gasteiger partial charge in [0.15, 0.2) is 5.92 Å². The molecule has 7 nitrogen and oxygen atoms in total. The van der Waals surface area contributed by atoms with E-state index in [0.29, 0.717) is 17.8 Å². The minimum atomic E-state index is -1.54. The van der Waals surface area contributed by atoms with Crippen molar-refractivity contribution in [3.63, 3.8) is 0 Å². The molecule has 5 rings (SSSR count). The Bertz CT molecular complexity index is 1430. The van der Waals surface area contributed by atoms with E-state index in [-0.39, 0.29) is 5.69 Å². The Morgan fingerprint density at radius 2 is 1.79 bits per heavy atom. The first-order valence-electron chi connectivity index (χ1n) is 10.4. The third-order valence-corrected chi connectivity index (χ3v) is 5.67. The van der Waals surface area contributed by atoms with Crippen LogP contribution < -0.4 is 11.1 Å². The number of nitriles is 1. The van der Waals surface area contributed by atoms with Crippen LogP contribution in [-0.4, -0.2) is 21.5 Å². The van der Waals surface area contributed by atoms with Crippen molar-refractivity contribution in [3.8, 4) is 23.0 Å². The fourth-order valence-corrected chi connectivity index (χ4v) is 4.15. The highest BCUT2D eigenvalue weighted by Crippen LogP contribution is 2.40. The summed E-state index contributed by atoms with van der Waals surface area (Å²) in [6.45, 7) is 0. The molecule has 0 saturated carbocycles. The zero-order chi connectivity index (χ0) is 22.9. The van der Waals surface area contributed by atoms with E-state index < -0.39 is 17.6 Å².